The van der Waals surface area contributed by atoms with Gasteiger partial charge in [-0.25, -0.2) is 0 Å². The molecule has 0 radical (unpaired) electrons. The number of nitrogens with zero attached hydrogens (tertiary/aromatic N) is 1. The molecular weight excluding hydrogens is 158 g/mol. The summed E-state index contributed by atoms with van der Waals surface area (Å²) < 4.78 is 0. The van der Waals surface area contributed by atoms with Crippen LogP contribution in [0.25, 0.3) is 6.08 Å². The van der Waals surface area contributed by atoms with Crippen molar-refractivity contribution in [3.05, 3.63) is 41.5 Å². The summed E-state index contributed by atoms with van der Waals surface area (Å²) in [5, 5.41) is 8.33. The summed E-state index contributed by atoms with van der Waals surface area (Å²) in [4.78, 5) is 0. The molecule has 0 saturated carbocycles. The SMILES string of the molecule is CC(C)c1ccc(/C=C/C#N)cc1. The van der Waals surface area contributed by atoms with Crippen molar-refractivity contribution < 1.29 is 0 Å². The number of hydrogen-bond acceptors (Lipinski definition) is 1. The average Bonchev–Trinajstić information content (AvgIpc) is 2.15. The summed E-state index contributed by atoms with van der Waals surface area (Å²) >= 11 is 0. The van der Waals surface area contributed by atoms with E-state index in [9.17, 15) is 0 Å². The summed E-state index contributed by atoms with van der Waals surface area (Å²) in [6.45, 7) is 4.33. The Labute approximate surface area is 79.3 Å². The minimum absolute atomic E-state index is 0.564. The first-order valence-electron chi connectivity index (χ1n) is 4.40. The molecule has 0 unspecified atom stereocenters. The molecule has 0 fully saturated rings. The normalized spacial score (nSPS) is 10.6. The van der Waals surface area contributed by atoms with Gasteiger partial charge in [0.1, 0.15) is 0 Å². The van der Waals surface area contributed by atoms with E-state index in [0.717, 1.165) is 5.56 Å². The second kappa shape index (κ2) is 4.47. The minimum atomic E-state index is 0.564. The lowest BCUT2D eigenvalue weighted by Gasteiger charge is -2.04. The fourth-order valence-corrected chi connectivity index (χ4v) is 1.13. The maximum absolute atomic E-state index is 8.33. The topological polar surface area (TPSA) is 23.8 Å². The highest BCUT2D eigenvalue weighted by atomic mass is 14.2. The number of rotatable bonds is 2. The first-order valence-corrected chi connectivity index (χ1v) is 4.40. The lowest BCUT2D eigenvalue weighted by atomic mass is 10.0. The third-order valence-electron chi connectivity index (χ3n) is 1.95. The summed E-state index contributed by atoms with van der Waals surface area (Å²) in [6, 6.07) is 10.2. The molecule has 1 aromatic carbocycles. The standard InChI is InChI=1S/C12H13N/c1-10(2)12-7-5-11(6-8-12)4-3-9-13/h3-8,10H,1-2H3/b4-3+. The Morgan fingerprint density at radius 2 is 1.85 bits per heavy atom. The highest BCUT2D eigenvalue weighted by molar-refractivity contribution is 5.52. The van der Waals surface area contributed by atoms with Gasteiger partial charge in [-0.1, -0.05) is 38.1 Å². The lowest BCUT2D eigenvalue weighted by molar-refractivity contribution is 0.866. The van der Waals surface area contributed by atoms with E-state index >= 15 is 0 Å². The Morgan fingerprint density at radius 3 is 2.31 bits per heavy atom. The van der Waals surface area contributed by atoms with E-state index in [4.69, 9.17) is 5.26 Å². The predicted molar refractivity (Wildman–Crippen MR) is 55.2 cm³/mol. The van der Waals surface area contributed by atoms with Gasteiger partial charge in [0.2, 0.25) is 0 Å². The van der Waals surface area contributed by atoms with Crippen molar-refractivity contribution in [2.75, 3.05) is 0 Å². The molecule has 0 aromatic heterocycles. The Balaban J connectivity index is 2.83. The van der Waals surface area contributed by atoms with Gasteiger partial charge in [-0.2, -0.15) is 5.26 Å². The third-order valence-corrected chi connectivity index (χ3v) is 1.95. The van der Waals surface area contributed by atoms with E-state index in [0.29, 0.717) is 5.92 Å². The summed E-state index contributed by atoms with van der Waals surface area (Å²) in [6.07, 6.45) is 3.30. The van der Waals surface area contributed by atoms with Crippen LogP contribution in [-0.2, 0) is 0 Å². The number of benzene rings is 1. The van der Waals surface area contributed by atoms with Crippen molar-refractivity contribution >= 4 is 6.08 Å². The zero-order chi connectivity index (χ0) is 9.68. The Hall–Kier alpha value is -1.55. The van der Waals surface area contributed by atoms with Gasteiger partial charge in [0.05, 0.1) is 6.07 Å². The van der Waals surface area contributed by atoms with E-state index < -0.39 is 0 Å². The van der Waals surface area contributed by atoms with Crippen LogP contribution < -0.4 is 0 Å². The quantitative estimate of drug-likeness (QED) is 0.626. The first kappa shape index (κ1) is 9.54. The molecule has 0 aliphatic rings. The monoisotopic (exact) mass is 171 g/mol. The van der Waals surface area contributed by atoms with Crippen molar-refractivity contribution in [1.29, 1.82) is 5.26 Å². The highest BCUT2D eigenvalue weighted by Gasteiger charge is 1.96. The fraction of sp³-hybridized carbons (Fsp3) is 0.250. The van der Waals surface area contributed by atoms with Crippen LogP contribution in [-0.4, -0.2) is 0 Å². The molecule has 1 nitrogen and oxygen atoms in total. The Bertz CT molecular complexity index is 325. The van der Waals surface area contributed by atoms with Crippen molar-refractivity contribution in [3.63, 3.8) is 0 Å². The van der Waals surface area contributed by atoms with Gasteiger partial charge in [0.25, 0.3) is 0 Å². The summed E-state index contributed by atoms with van der Waals surface area (Å²) in [7, 11) is 0. The molecule has 1 aromatic rings. The molecule has 66 valence electrons. The van der Waals surface area contributed by atoms with E-state index in [-0.39, 0.29) is 0 Å². The van der Waals surface area contributed by atoms with Gasteiger partial charge >= 0.3 is 0 Å². The molecule has 13 heavy (non-hydrogen) atoms. The summed E-state index contributed by atoms with van der Waals surface area (Å²) in [5.41, 5.74) is 2.40. The molecule has 1 heteroatoms. The van der Waals surface area contributed by atoms with Crippen LogP contribution in [0.5, 0.6) is 0 Å². The van der Waals surface area contributed by atoms with Crippen molar-refractivity contribution in [1.82, 2.24) is 0 Å². The van der Waals surface area contributed by atoms with Crippen LogP contribution in [0.3, 0.4) is 0 Å². The van der Waals surface area contributed by atoms with E-state index in [2.05, 4.69) is 26.0 Å². The Morgan fingerprint density at radius 1 is 1.23 bits per heavy atom. The first-order chi connectivity index (χ1) is 6.24. The molecule has 0 saturated heterocycles. The maximum Gasteiger partial charge on any atom is 0.0912 e. The largest absolute Gasteiger partial charge is 0.193 e. The van der Waals surface area contributed by atoms with Crippen molar-refractivity contribution in [2.45, 2.75) is 19.8 Å². The molecule has 0 amide bonds. The molecular formula is C12H13N. The smallest absolute Gasteiger partial charge is 0.0912 e. The fourth-order valence-electron chi connectivity index (χ4n) is 1.13. The average molecular weight is 171 g/mol. The van der Waals surface area contributed by atoms with Gasteiger partial charge < -0.3 is 0 Å². The van der Waals surface area contributed by atoms with Gasteiger partial charge in [-0.05, 0) is 23.1 Å². The van der Waals surface area contributed by atoms with Crippen LogP contribution in [0.1, 0.15) is 30.9 Å². The second-order valence-corrected chi connectivity index (χ2v) is 3.28. The van der Waals surface area contributed by atoms with Gasteiger partial charge in [0.15, 0.2) is 0 Å². The zero-order valence-electron chi connectivity index (χ0n) is 7.99. The summed E-state index contributed by atoms with van der Waals surface area (Å²) in [5.74, 6) is 0.564. The molecule has 0 aliphatic carbocycles. The lowest BCUT2D eigenvalue weighted by Crippen LogP contribution is -1.85. The molecule has 0 aliphatic heterocycles. The van der Waals surface area contributed by atoms with Crippen LogP contribution >= 0.6 is 0 Å². The zero-order valence-corrected chi connectivity index (χ0v) is 7.99. The molecule has 1 rings (SSSR count). The minimum Gasteiger partial charge on any atom is -0.193 e. The third kappa shape index (κ3) is 2.76. The number of hydrogen-bond donors (Lipinski definition) is 0. The van der Waals surface area contributed by atoms with Crippen molar-refractivity contribution in [2.24, 2.45) is 0 Å². The van der Waals surface area contributed by atoms with Crippen LogP contribution in [0.4, 0.5) is 0 Å². The molecule has 0 atom stereocenters. The Kier molecular flexibility index (Phi) is 3.28. The predicted octanol–water partition coefficient (Wildman–Crippen LogP) is 3.35. The van der Waals surface area contributed by atoms with Crippen LogP contribution in [0.2, 0.25) is 0 Å². The van der Waals surface area contributed by atoms with Crippen LogP contribution in [0, 0.1) is 11.3 Å². The van der Waals surface area contributed by atoms with E-state index in [1.165, 1.54) is 11.6 Å². The molecule has 0 N–H and O–H groups in total. The molecule has 0 spiro atoms. The molecule has 0 heterocycles. The number of allylic oxidation sites excluding steroid dienone is 1. The maximum atomic E-state index is 8.33. The van der Waals surface area contributed by atoms with Gasteiger partial charge in [-0.15, -0.1) is 0 Å². The number of nitriles is 1. The van der Waals surface area contributed by atoms with E-state index in [1.807, 2.05) is 24.3 Å². The van der Waals surface area contributed by atoms with Gasteiger partial charge in [0, 0.05) is 6.08 Å². The second-order valence-electron chi connectivity index (χ2n) is 3.28. The van der Waals surface area contributed by atoms with Crippen LogP contribution in [0.15, 0.2) is 30.3 Å². The molecule has 0 bridgehead atoms. The van der Waals surface area contributed by atoms with Gasteiger partial charge in [-0.3, -0.25) is 0 Å². The van der Waals surface area contributed by atoms with E-state index in [1.54, 1.807) is 0 Å². The van der Waals surface area contributed by atoms with Crippen molar-refractivity contribution in [3.8, 4) is 6.07 Å². The highest BCUT2D eigenvalue weighted by Crippen LogP contribution is 2.15.